The Hall–Kier alpha value is -1.42. The Kier molecular flexibility index (Phi) is 2.40. The summed E-state index contributed by atoms with van der Waals surface area (Å²) >= 11 is 3.50. The fourth-order valence-electron chi connectivity index (χ4n) is 2.09. The van der Waals surface area contributed by atoms with E-state index in [2.05, 4.69) is 15.9 Å². The molecule has 17 heavy (non-hydrogen) atoms. The normalized spacial score (nSPS) is 17.5. The monoisotopic (exact) mass is 294 g/mol. The maximum absolute atomic E-state index is 5.71. The quantitative estimate of drug-likeness (QED) is 0.802. The fourth-order valence-corrected chi connectivity index (χ4v) is 2.52. The van der Waals surface area contributed by atoms with Gasteiger partial charge in [-0.1, -0.05) is 0 Å². The minimum Gasteiger partial charge on any atom is -0.496 e. The lowest BCUT2D eigenvalue weighted by Crippen LogP contribution is -2.23. The second-order valence-electron chi connectivity index (χ2n) is 3.87. The molecule has 1 atom stereocenters. The summed E-state index contributed by atoms with van der Waals surface area (Å²) in [5.41, 5.74) is 0. The van der Waals surface area contributed by atoms with E-state index in [1.165, 1.54) is 0 Å². The second kappa shape index (κ2) is 3.81. The van der Waals surface area contributed by atoms with Gasteiger partial charge in [-0.3, -0.25) is 0 Å². The molecule has 0 saturated carbocycles. The van der Waals surface area contributed by atoms with Crippen molar-refractivity contribution < 1.29 is 14.2 Å². The van der Waals surface area contributed by atoms with Gasteiger partial charge in [-0.05, 0) is 40.2 Å². The molecule has 0 amide bonds. The lowest BCUT2D eigenvalue weighted by Gasteiger charge is -2.26. The van der Waals surface area contributed by atoms with Crippen LogP contribution in [0.4, 0.5) is 0 Å². The zero-order valence-corrected chi connectivity index (χ0v) is 11.1. The molecule has 0 N–H and O–H groups in total. The Labute approximate surface area is 107 Å². The highest BCUT2D eigenvalue weighted by Crippen LogP contribution is 2.45. The minimum atomic E-state index is -0.280. The lowest BCUT2D eigenvalue weighted by molar-refractivity contribution is 0.0154. The summed E-state index contributed by atoms with van der Waals surface area (Å²) < 4.78 is 17.6. The smallest absolute Gasteiger partial charge is 0.238 e. The number of halogens is 1. The summed E-state index contributed by atoms with van der Waals surface area (Å²) in [5, 5.41) is 1.95. The highest BCUT2D eigenvalue weighted by atomic mass is 79.9. The van der Waals surface area contributed by atoms with Crippen LogP contribution in [0.25, 0.3) is 10.8 Å². The van der Waals surface area contributed by atoms with E-state index < -0.39 is 0 Å². The van der Waals surface area contributed by atoms with Gasteiger partial charge in [0.05, 0.1) is 17.0 Å². The minimum absolute atomic E-state index is 0.280. The van der Waals surface area contributed by atoms with Crippen LogP contribution in [0.15, 0.2) is 28.7 Å². The Bertz CT molecular complexity index is 595. The van der Waals surface area contributed by atoms with Crippen LogP contribution < -0.4 is 14.2 Å². The molecule has 0 aromatic heterocycles. The fraction of sp³-hybridized carbons (Fsp3) is 0.231. The first-order valence-corrected chi connectivity index (χ1v) is 6.12. The van der Waals surface area contributed by atoms with E-state index >= 15 is 0 Å². The number of ether oxygens (including phenoxy) is 3. The van der Waals surface area contributed by atoms with Crippen LogP contribution in [0.5, 0.6) is 17.2 Å². The first kappa shape index (κ1) is 10.7. The highest BCUT2D eigenvalue weighted by Gasteiger charge is 2.23. The van der Waals surface area contributed by atoms with Crippen molar-refractivity contribution in [2.75, 3.05) is 7.11 Å². The topological polar surface area (TPSA) is 27.7 Å². The van der Waals surface area contributed by atoms with Gasteiger partial charge in [-0.2, -0.15) is 0 Å². The van der Waals surface area contributed by atoms with Crippen molar-refractivity contribution in [3.8, 4) is 17.2 Å². The van der Waals surface area contributed by atoms with E-state index in [-0.39, 0.29) is 6.29 Å². The second-order valence-corrected chi connectivity index (χ2v) is 4.72. The van der Waals surface area contributed by atoms with Gasteiger partial charge in [0.1, 0.15) is 17.2 Å². The summed E-state index contributed by atoms with van der Waals surface area (Å²) in [7, 11) is 1.66. The van der Waals surface area contributed by atoms with Crippen LogP contribution in [0.2, 0.25) is 0 Å². The molecule has 2 aromatic rings. The number of hydrogen-bond acceptors (Lipinski definition) is 3. The molecule has 1 unspecified atom stereocenters. The van der Waals surface area contributed by atoms with Crippen LogP contribution in [0.1, 0.15) is 6.92 Å². The summed E-state index contributed by atoms with van der Waals surface area (Å²) in [6.07, 6.45) is -0.280. The molecule has 3 nitrogen and oxygen atoms in total. The van der Waals surface area contributed by atoms with E-state index in [9.17, 15) is 0 Å². The molecule has 1 heterocycles. The molecule has 0 saturated heterocycles. The van der Waals surface area contributed by atoms with Crippen LogP contribution >= 0.6 is 15.9 Å². The summed E-state index contributed by atoms with van der Waals surface area (Å²) in [4.78, 5) is 0. The van der Waals surface area contributed by atoms with Crippen molar-refractivity contribution in [1.29, 1.82) is 0 Å². The zero-order chi connectivity index (χ0) is 12.0. The first-order valence-electron chi connectivity index (χ1n) is 5.33. The molecule has 0 radical (unpaired) electrons. The molecule has 2 aromatic carbocycles. The highest BCUT2D eigenvalue weighted by molar-refractivity contribution is 9.10. The van der Waals surface area contributed by atoms with Crippen LogP contribution in [-0.4, -0.2) is 13.4 Å². The molecule has 88 valence electrons. The maximum atomic E-state index is 5.71. The SMILES string of the molecule is COc1ccc2c3c(c(Br)ccc13)OC(C)O2. The molecule has 1 aliphatic rings. The molecular weight excluding hydrogens is 284 g/mol. The molecule has 4 heteroatoms. The third-order valence-electron chi connectivity index (χ3n) is 2.80. The molecule has 0 aliphatic carbocycles. The number of rotatable bonds is 1. The van der Waals surface area contributed by atoms with Gasteiger partial charge in [0.25, 0.3) is 0 Å². The number of methoxy groups -OCH3 is 1. The van der Waals surface area contributed by atoms with Crippen molar-refractivity contribution in [3.63, 3.8) is 0 Å². The molecule has 1 aliphatic heterocycles. The van der Waals surface area contributed by atoms with Crippen molar-refractivity contribution in [1.82, 2.24) is 0 Å². The van der Waals surface area contributed by atoms with Gasteiger partial charge in [-0.25, -0.2) is 0 Å². The van der Waals surface area contributed by atoms with Gasteiger partial charge < -0.3 is 14.2 Å². The first-order chi connectivity index (χ1) is 8.20. The van der Waals surface area contributed by atoms with Gasteiger partial charge in [-0.15, -0.1) is 0 Å². The Morgan fingerprint density at radius 2 is 2.00 bits per heavy atom. The molecule has 0 spiro atoms. The average Bonchev–Trinajstić information content (AvgIpc) is 2.33. The Morgan fingerprint density at radius 3 is 2.76 bits per heavy atom. The maximum Gasteiger partial charge on any atom is 0.238 e. The summed E-state index contributed by atoms with van der Waals surface area (Å²) in [6.45, 7) is 1.87. The van der Waals surface area contributed by atoms with E-state index in [1.54, 1.807) is 7.11 Å². The molecule has 0 bridgehead atoms. The van der Waals surface area contributed by atoms with E-state index in [1.807, 2.05) is 31.2 Å². The van der Waals surface area contributed by atoms with E-state index in [4.69, 9.17) is 14.2 Å². The summed E-state index contributed by atoms with van der Waals surface area (Å²) in [5.74, 6) is 2.46. The zero-order valence-electron chi connectivity index (χ0n) is 9.49. The van der Waals surface area contributed by atoms with Crippen molar-refractivity contribution in [3.05, 3.63) is 28.7 Å². The van der Waals surface area contributed by atoms with Gasteiger partial charge in [0.2, 0.25) is 6.29 Å². The molecule has 0 fully saturated rings. The average molecular weight is 295 g/mol. The van der Waals surface area contributed by atoms with Crippen molar-refractivity contribution >= 4 is 26.7 Å². The van der Waals surface area contributed by atoms with Gasteiger partial charge in [0.15, 0.2) is 0 Å². The van der Waals surface area contributed by atoms with Gasteiger partial charge >= 0.3 is 0 Å². The van der Waals surface area contributed by atoms with E-state index in [0.29, 0.717) is 0 Å². The lowest BCUT2D eigenvalue weighted by atomic mass is 10.1. The predicted octanol–water partition coefficient (Wildman–Crippen LogP) is 3.73. The van der Waals surface area contributed by atoms with Crippen molar-refractivity contribution in [2.24, 2.45) is 0 Å². The summed E-state index contributed by atoms with van der Waals surface area (Å²) in [6, 6.07) is 7.78. The van der Waals surface area contributed by atoms with Crippen molar-refractivity contribution in [2.45, 2.75) is 13.2 Å². The van der Waals surface area contributed by atoms with Crippen LogP contribution in [-0.2, 0) is 0 Å². The van der Waals surface area contributed by atoms with E-state index in [0.717, 1.165) is 32.5 Å². The predicted molar refractivity (Wildman–Crippen MR) is 68.9 cm³/mol. The third kappa shape index (κ3) is 1.55. The number of benzene rings is 2. The van der Waals surface area contributed by atoms with Gasteiger partial charge in [0, 0.05) is 12.3 Å². The van der Waals surface area contributed by atoms with Crippen LogP contribution in [0.3, 0.4) is 0 Å². The Balaban J connectivity index is 2.41. The largest absolute Gasteiger partial charge is 0.496 e. The standard InChI is InChI=1S/C13H11BrO3/c1-7-16-11-6-5-10(15-2)8-3-4-9(14)13(17-7)12(8)11/h3-7H,1-2H3. The molecule has 3 rings (SSSR count). The molecular formula is C13H11BrO3. The Morgan fingerprint density at radius 1 is 1.18 bits per heavy atom. The third-order valence-corrected chi connectivity index (χ3v) is 3.43. The van der Waals surface area contributed by atoms with Crippen LogP contribution in [0, 0.1) is 0 Å². The number of hydrogen-bond donors (Lipinski definition) is 0.